The number of epoxide rings is 1. The van der Waals surface area contributed by atoms with E-state index in [1.807, 2.05) is 6.08 Å². The Labute approximate surface area is 322 Å². The fourth-order valence-electron chi connectivity index (χ4n) is 5.67. The summed E-state index contributed by atoms with van der Waals surface area (Å²) in [5, 5.41) is 0. The van der Waals surface area contributed by atoms with Gasteiger partial charge in [0.1, 0.15) is 6.61 Å². The van der Waals surface area contributed by atoms with Gasteiger partial charge in [0.2, 0.25) is 0 Å². The first-order chi connectivity index (χ1) is 25.7. The van der Waals surface area contributed by atoms with Crippen LogP contribution in [-0.4, -0.2) is 53.3 Å². The number of unbranched alkanes of at least 4 members (excludes halogenated alkanes) is 14. The third-order valence-electron chi connectivity index (χ3n) is 8.91. The number of rotatable bonds is 36. The van der Waals surface area contributed by atoms with Crippen LogP contribution >= 0.6 is 7.82 Å². The van der Waals surface area contributed by atoms with Crippen LogP contribution < -0.4 is 0 Å². The minimum Gasteiger partial charge on any atom is -0.462 e. The van der Waals surface area contributed by atoms with Crippen molar-refractivity contribution in [1.29, 1.82) is 0 Å². The molecule has 0 aliphatic carbocycles. The molecule has 1 saturated heterocycles. The highest BCUT2D eigenvalue weighted by atomic mass is 31.2. The predicted octanol–water partition coefficient (Wildman–Crippen LogP) is 11.5. The van der Waals surface area contributed by atoms with E-state index in [1.54, 1.807) is 0 Å². The quantitative estimate of drug-likeness (QED) is 0.0210. The standard InChI is InChI=1S/C43H73O9P/c1-3-5-7-9-11-12-13-14-15-16-17-18-19-20-23-28-32-36-43(45)51-39(38-50-53(46,47)48)37-49-42(44)35-31-27-24-21-22-26-30-34-41-40(52-41)33-29-25-10-8-6-4-2/h11-12,14-15,21,24-26,29-30,39-41H,3-10,13,16-20,22-23,27-28,31-38H2,1-2H3,(H2,46,47,48)/b12-11-,15-14-,24-21-,29-25-,30-26-/t39-,40?,41?/m1/s1. The second-order valence-electron chi connectivity index (χ2n) is 14.0. The molecule has 0 aromatic carbocycles. The topological polar surface area (TPSA) is 132 Å². The Kier molecular flexibility index (Phi) is 31.5. The van der Waals surface area contributed by atoms with Crippen LogP contribution in [0, 0.1) is 0 Å². The van der Waals surface area contributed by atoms with Crippen molar-refractivity contribution in [2.45, 2.75) is 186 Å². The number of hydrogen-bond donors (Lipinski definition) is 2. The second kappa shape index (κ2) is 34.2. The van der Waals surface area contributed by atoms with E-state index in [-0.39, 0.29) is 19.4 Å². The molecule has 1 fully saturated rings. The fourth-order valence-corrected chi connectivity index (χ4v) is 6.03. The molecule has 0 amide bonds. The van der Waals surface area contributed by atoms with Crippen molar-refractivity contribution in [2.24, 2.45) is 0 Å². The van der Waals surface area contributed by atoms with Crippen LogP contribution in [0.25, 0.3) is 0 Å². The van der Waals surface area contributed by atoms with Crippen LogP contribution in [0.4, 0.5) is 0 Å². The molecule has 0 aromatic rings. The molecular formula is C43H73O9P. The molecular weight excluding hydrogens is 691 g/mol. The van der Waals surface area contributed by atoms with Crippen molar-refractivity contribution in [3.63, 3.8) is 0 Å². The van der Waals surface area contributed by atoms with E-state index in [1.165, 1.54) is 64.2 Å². The summed E-state index contributed by atoms with van der Waals surface area (Å²) >= 11 is 0. The Morgan fingerprint density at radius 1 is 0.585 bits per heavy atom. The first-order valence-electron chi connectivity index (χ1n) is 20.7. The summed E-state index contributed by atoms with van der Waals surface area (Å²) in [6.07, 6.45) is 45.4. The molecule has 304 valence electrons. The molecule has 2 N–H and O–H groups in total. The van der Waals surface area contributed by atoms with E-state index < -0.39 is 32.5 Å². The van der Waals surface area contributed by atoms with Crippen LogP contribution in [0.2, 0.25) is 0 Å². The molecule has 1 rings (SSSR count). The highest BCUT2D eigenvalue weighted by Crippen LogP contribution is 2.36. The highest BCUT2D eigenvalue weighted by molar-refractivity contribution is 7.46. The zero-order chi connectivity index (χ0) is 38.7. The Morgan fingerprint density at radius 2 is 1.04 bits per heavy atom. The lowest BCUT2D eigenvalue weighted by atomic mass is 10.1. The molecule has 0 saturated carbocycles. The minimum atomic E-state index is -4.77. The molecule has 1 aliphatic heterocycles. The maximum Gasteiger partial charge on any atom is 0.469 e. The summed E-state index contributed by atoms with van der Waals surface area (Å²) in [6.45, 7) is 3.56. The average Bonchev–Trinajstić information content (AvgIpc) is 3.88. The summed E-state index contributed by atoms with van der Waals surface area (Å²) < 4.78 is 32.1. The number of phosphoric acid groups is 1. The third-order valence-corrected chi connectivity index (χ3v) is 9.40. The van der Waals surface area contributed by atoms with Gasteiger partial charge in [0.25, 0.3) is 0 Å². The van der Waals surface area contributed by atoms with Gasteiger partial charge in [0.15, 0.2) is 6.10 Å². The van der Waals surface area contributed by atoms with Gasteiger partial charge >= 0.3 is 19.8 Å². The fraction of sp³-hybridized carbons (Fsp3) is 0.721. The number of carbonyl (C=O) groups excluding carboxylic acids is 2. The van der Waals surface area contributed by atoms with Gasteiger partial charge in [-0.1, -0.05) is 132 Å². The summed E-state index contributed by atoms with van der Waals surface area (Å²) in [5.74, 6) is -0.969. The van der Waals surface area contributed by atoms with Crippen molar-refractivity contribution in [2.75, 3.05) is 13.2 Å². The lowest BCUT2D eigenvalue weighted by molar-refractivity contribution is -0.161. The number of allylic oxidation sites excluding steroid dienone is 8. The van der Waals surface area contributed by atoms with Gasteiger partial charge in [-0.3, -0.25) is 14.1 Å². The predicted molar refractivity (Wildman–Crippen MR) is 215 cm³/mol. The molecule has 0 bridgehead atoms. The molecule has 1 heterocycles. The lowest BCUT2D eigenvalue weighted by Crippen LogP contribution is -2.29. The van der Waals surface area contributed by atoms with Gasteiger partial charge in [-0.15, -0.1) is 0 Å². The molecule has 10 heteroatoms. The van der Waals surface area contributed by atoms with Crippen molar-refractivity contribution >= 4 is 19.8 Å². The largest absolute Gasteiger partial charge is 0.469 e. The van der Waals surface area contributed by atoms with Gasteiger partial charge in [0, 0.05) is 12.8 Å². The van der Waals surface area contributed by atoms with E-state index in [0.29, 0.717) is 25.0 Å². The number of phosphoric ester groups is 1. The number of esters is 2. The summed E-state index contributed by atoms with van der Waals surface area (Å²) in [6, 6.07) is 0. The van der Waals surface area contributed by atoms with Crippen LogP contribution in [0.15, 0.2) is 60.8 Å². The number of carbonyl (C=O) groups is 2. The van der Waals surface area contributed by atoms with Crippen molar-refractivity contribution in [3.8, 4) is 0 Å². The monoisotopic (exact) mass is 764 g/mol. The summed E-state index contributed by atoms with van der Waals surface area (Å²) in [4.78, 5) is 42.8. The van der Waals surface area contributed by atoms with Crippen LogP contribution in [0.5, 0.6) is 0 Å². The molecule has 53 heavy (non-hydrogen) atoms. The van der Waals surface area contributed by atoms with Gasteiger partial charge < -0.3 is 24.0 Å². The number of hydrogen-bond acceptors (Lipinski definition) is 7. The second-order valence-corrected chi connectivity index (χ2v) is 15.2. The van der Waals surface area contributed by atoms with Gasteiger partial charge in [-0.25, -0.2) is 4.57 Å². The first-order valence-corrected chi connectivity index (χ1v) is 22.2. The van der Waals surface area contributed by atoms with E-state index >= 15 is 0 Å². The van der Waals surface area contributed by atoms with Crippen molar-refractivity contribution in [3.05, 3.63) is 60.8 Å². The first kappa shape index (κ1) is 48.7. The normalized spacial score (nSPS) is 16.9. The zero-order valence-corrected chi connectivity index (χ0v) is 34.0. The van der Waals surface area contributed by atoms with E-state index in [2.05, 4.69) is 73.1 Å². The maximum atomic E-state index is 12.4. The molecule has 0 aromatic heterocycles. The molecule has 2 unspecified atom stereocenters. The average molecular weight is 765 g/mol. The third kappa shape index (κ3) is 34.0. The SMILES string of the molecule is CCCCC/C=C\C/C=C\CCCCCCCCCC(=O)O[C@H](COC(=O)CCC/C=C\C/C=C\CC1OC1C/C=C\CCCCC)COP(=O)(O)O. The maximum absolute atomic E-state index is 12.4. The van der Waals surface area contributed by atoms with Gasteiger partial charge in [-0.2, -0.15) is 0 Å². The summed E-state index contributed by atoms with van der Waals surface area (Å²) in [5.41, 5.74) is 0. The van der Waals surface area contributed by atoms with Crippen molar-refractivity contribution < 1.29 is 42.7 Å². The molecule has 9 nitrogen and oxygen atoms in total. The van der Waals surface area contributed by atoms with E-state index in [9.17, 15) is 14.2 Å². The smallest absolute Gasteiger partial charge is 0.462 e. The lowest BCUT2D eigenvalue weighted by Gasteiger charge is -2.18. The molecule has 0 spiro atoms. The van der Waals surface area contributed by atoms with Crippen LogP contribution in [0.1, 0.15) is 168 Å². The van der Waals surface area contributed by atoms with Crippen molar-refractivity contribution in [1.82, 2.24) is 0 Å². The molecule has 3 atom stereocenters. The zero-order valence-electron chi connectivity index (χ0n) is 33.1. The Balaban J connectivity index is 2.12. The van der Waals surface area contributed by atoms with Gasteiger partial charge in [-0.05, 0) is 83.5 Å². The van der Waals surface area contributed by atoms with E-state index in [4.69, 9.17) is 24.0 Å². The van der Waals surface area contributed by atoms with Crippen LogP contribution in [-0.2, 0) is 32.9 Å². The van der Waals surface area contributed by atoms with E-state index in [0.717, 1.165) is 64.2 Å². The number of ether oxygens (including phenoxy) is 3. The Morgan fingerprint density at radius 3 is 1.60 bits per heavy atom. The van der Waals surface area contributed by atoms with Crippen LogP contribution in [0.3, 0.4) is 0 Å². The molecule has 1 aliphatic rings. The Bertz CT molecular complexity index is 1110. The summed E-state index contributed by atoms with van der Waals surface area (Å²) in [7, 11) is -4.77. The highest BCUT2D eigenvalue weighted by Gasteiger charge is 2.36. The Hall–Kier alpha value is -2.29. The minimum absolute atomic E-state index is 0.182. The van der Waals surface area contributed by atoms with Gasteiger partial charge in [0.05, 0.1) is 18.8 Å². The molecule has 0 radical (unpaired) electrons.